The standard InChI is InChI=1S/C11H19ClN2O3/c1-2-9-8(4-6-17-9)7-13-11(16)14-10(15)3-5-12/h8-9H,2-7H2,1H3,(H2,13,14,15,16). The fourth-order valence-electron chi connectivity index (χ4n) is 1.92. The molecule has 0 radical (unpaired) electrons. The van der Waals surface area contributed by atoms with Crippen LogP contribution in [-0.2, 0) is 9.53 Å². The monoisotopic (exact) mass is 262 g/mol. The Labute approximate surface area is 106 Å². The number of urea groups is 1. The molecule has 1 aliphatic heterocycles. The van der Waals surface area contributed by atoms with E-state index in [9.17, 15) is 9.59 Å². The molecule has 2 unspecified atom stereocenters. The number of halogens is 1. The van der Waals surface area contributed by atoms with Gasteiger partial charge in [-0.2, -0.15) is 0 Å². The minimum atomic E-state index is -0.457. The van der Waals surface area contributed by atoms with Gasteiger partial charge >= 0.3 is 6.03 Å². The fourth-order valence-corrected chi connectivity index (χ4v) is 2.09. The third-order valence-electron chi connectivity index (χ3n) is 2.85. The van der Waals surface area contributed by atoms with Gasteiger partial charge in [-0.15, -0.1) is 11.6 Å². The number of ether oxygens (including phenoxy) is 1. The third-order valence-corrected chi connectivity index (χ3v) is 3.04. The molecular weight excluding hydrogens is 244 g/mol. The Balaban J connectivity index is 2.21. The highest BCUT2D eigenvalue weighted by molar-refractivity contribution is 6.19. The van der Waals surface area contributed by atoms with Gasteiger partial charge in [0.15, 0.2) is 0 Å². The number of amides is 3. The van der Waals surface area contributed by atoms with E-state index in [1.807, 2.05) is 0 Å². The maximum absolute atomic E-state index is 11.4. The predicted octanol–water partition coefficient (Wildman–Crippen LogP) is 1.26. The SMILES string of the molecule is CCC1OCCC1CNC(=O)NC(=O)CCCl. The Morgan fingerprint density at radius 2 is 2.24 bits per heavy atom. The second-order valence-electron chi connectivity index (χ2n) is 4.06. The summed E-state index contributed by atoms with van der Waals surface area (Å²) >= 11 is 5.39. The Kier molecular flexibility index (Phi) is 6.29. The highest BCUT2D eigenvalue weighted by atomic mass is 35.5. The second kappa shape index (κ2) is 7.50. The molecule has 1 aliphatic rings. The lowest BCUT2D eigenvalue weighted by molar-refractivity contribution is -0.119. The zero-order valence-corrected chi connectivity index (χ0v) is 10.8. The minimum Gasteiger partial charge on any atom is -0.378 e. The van der Waals surface area contributed by atoms with Gasteiger partial charge in [-0.3, -0.25) is 10.1 Å². The normalized spacial score (nSPS) is 23.4. The number of imide groups is 1. The van der Waals surface area contributed by atoms with Gasteiger partial charge in [0.05, 0.1) is 6.10 Å². The van der Waals surface area contributed by atoms with Crippen molar-refractivity contribution in [2.45, 2.75) is 32.3 Å². The number of hydrogen-bond acceptors (Lipinski definition) is 3. The molecule has 0 aliphatic carbocycles. The van der Waals surface area contributed by atoms with Gasteiger partial charge < -0.3 is 10.1 Å². The summed E-state index contributed by atoms with van der Waals surface area (Å²) < 4.78 is 5.51. The molecule has 1 fully saturated rings. The zero-order chi connectivity index (χ0) is 12.7. The Bertz CT molecular complexity index is 273. The van der Waals surface area contributed by atoms with Gasteiger partial charge in [-0.1, -0.05) is 6.92 Å². The Morgan fingerprint density at radius 1 is 1.47 bits per heavy atom. The van der Waals surface area contributed by atoms with Crippen LogP contribution in [0.5, 0.6) is 0 Å². The van der Waals surface area contributed by atoms with E-state index in [2.05, 4.69) is 17.6 Å². The van der Waals surface area contributed by atoms with Crippen LogP contribution >= 0.6 is 11.6 Å². The molecule has 1 rings (SSSR count). The largest absolute Gasteiger partial charge is 0.378 e. The summed E-state index contributed by atoms with van der Waals surface area (Å²) in [5, 5.41) is 4.91. The quantitative estimate of drug-likeness (QED) is 0.733. The van der Waals surface area contributed by atoms with Gasteiger partial charge in [0.25, 0.3) is 0 Å². The summed E-state index contributed by atoms with van der Waals surface area (Å²) in [7, 11) is 0. The molecule has 0 aromatic heterocycles. The molecule has 98 valence electrons. The maximum Gasteiger partial charge on any atom is 0.321 e. The average Bonchev–Trinajstić information content (AvgIpc) is 2.73. The van der Waals surface area contributed by atoms with Crippen LogP contribution in [0, 0.1) is 5.92 Å². The number of hydrogen-bond donors (Lipinski definition) is 2. The summed E-state index contributed by atoms with van der Waals surface area (Å²) in [6.45, 7) is 3.35. The van der Waals surface area contributed by atoms with Gasteiger partial charge in [-0.25, -0.2) is 4.79 Å². The summed E-state index contributed by atoms with van der Waals surface area (Å²) in [6, 6.07) is -0.457. The molecule has 17 heavy (non-hydrogen) atoms. The van der Waals surface area contributed by atoms with Crippen molar-refractivity contribution in [1.29, 1.82) is 0 Å². The molecule has 3 amide bonds. The average molecular weight is 263 g/mol. The van der Waals surface area contributed by atoms with Crippen LogP contribution in [0.4, 0.5) is 4.79 Å². The van der Waals surface area contributed by atoms with Crippen molar-refractivity contribution < 1.29 is 14.3 Å². The van der Waals surface area contributed by atoms with E-state index < -0.39 is 6.03 Å². The van der Waals surface area contributed by atoms with Crippen molar-refractivity contribution >= 4 is 23.5 Å². The van der Waals surface area contributed by atoms with Crippen molar-refractivity contribution in [2.75, 3.05) is 19.0 Å². The first-order valence-corrected chi connectivity index (χ1v) is 6.46. The number of nitrogens with one attached hydrogen (secondary N) is 2. The van der Waals surface area contributed by atoms with E-state index in [0.717, 1.165) is 19.4 Å². The van der Waals surface area contributed by atoms with E-state index in [1.165, 1.54) is 0 Å². The fraction of sp³-hybridized carbons (Fsp3) is 0.818. The number of carbonyl (C=O) groups excluding carboxylic acids is 2. The van der Waals surface area contributed by atoms with Crippen LogP contribution in [0.1, 0.15) is 26.2 Å². The molecule has 1 heterocycles. The van der Waals surface area contributed by atoms with Crippen LogP contribution in [0.3, 0.4) is 0 Å². The van der Waals surface area contributed by atoms with E-state index in [4.69, 9.17) is 16.3 Å². The molecule has 2 atom stereocenters. The Morgan fingerprint density at radius 3 is 2.88 bits per heavy atom. The molecule has 0 bridgehead atoms. The van der Waals surface area contributed by atoms with Crippen molar-refractivity contribution in [1.82, 2.24) is 10.6 Å². The smallest absolute Gasteiger partial charge is 0.321 e. The van der Waals surface area contributed by atoms with Gasteiger partial charge in [-0.05, 0) is 12.8 Å². The van der Waals surface area contributed by atoms with Gasteiger partial charge in [0, 0.05) is 31.4 Å². The lowest BCUT2D eigenvalue weighted by Gasteiger charge is -2.17. The number of carbonyl (C=O) groups is 2. The lowest BCUT2D eigenvalue weighted by atomic mass is 10.00. The first kappa shape index (κ1) is 14.3. The van der Waals surface area contributed by atoms with E-state index in [0.29, 0.717) is 12.5 Å². The summed E-state index contributed by atoms with van der Waals surface area (Å²) in [5.41, 5.74) is 0. The van der Waals surface area contributed by atoms with Crippen LogP contribution in [0.15, 0.2) is 0 Å². The molecule has 2 N–H and O–H groups in total. The first-order valence-electron chi connectivity index (χ1n) is 5.92. The predicted molar refractivity (Wildman–Crippen MR) is 65.0 cm³/mol. The van der Waals surface area contributed by atoms with Crippen molar-refractivity contribution in [3.8, 4) is 0 Å². The highest BCUT2D eigenvalue weighted by Crippen LogP contribution is 2.22. The van der Waals surface area contributed by atoms with Gasteiger partial charge in [0.1, 0.15) is 0 Å². The molecule has 0 saturated carbocycles. The Hall–Kier alpha value is -0.810. The highest BCUT2D eigenvalue weighted by Gasteiger charge is 2.26. The van der Waals surface area contributed by atoms with Crippen LogP contribution in [-0.4, -0.2) is 37.1 Å². The topological polar surface area (TPSA) is 67.4 Å². The van der Waals surface area contributed by atoms with Crippen LogP contribution in [0.2, 0.25) is 0 Å². The summed E-state index contributed by atoms with van der Waals surface area (Å²) in [6.07, 6.45) is 2.26. The van der Waals surface area contributed by atoms with Gasteiger partial charge in [0.2, 0.25) is 5.91 Å². The minimum absolute atomic E-state index is 0.152. The molecule has 0 spiro atoms. The van der Waals surface area contributed by atoms with E-state index in [1.54, 1.807) is 0 Å². The van der Waals surface area contributed by atoms with E-state index in [-0.39, 0.29) is 24.3 Å². The molecule has 1 saturated heterocycles. The van der Waals surface area contributed by atoms with Crippen molar-refractivity contribution in [2.24, 2.45) is 5.92 Å². The van der Waals surface area contributed by atoms with Crippen LogP contribution in [0.25, 0.3) is 0 Å². The van der Waals surface area contributed by atoms with Crippen molar-refractivity contribution in [3.05, 3.63) is 0 Å². The lowest BCUT2D eigenvalue weighted by Crippen LogP contribution is -2.42. The molecule has 6 heteroatoms. The summed E-state index contributed by atoms with van der Waals surface area (Å²) in [4.78, 5) is 22.4. The molecule has 0 aromatic carbocycles. The first-order chi connectivity index (χ1) is 8.17. The summed E-state index contributed by atoms with van der Waals surface area (Å²) in [5.74, 6) is 0.203. The maximum atomic E-state index is 11.4. The van der Waals surface area contributed by atoms with Crippen LogP contribution < -0.4 is 10.6 Å². The third kappa shape index (κ3) is 4.91. The molecular formula is C11H19ClN2O3. The van der Waals surface area contributed by atoms with E-state index >= 15 is 0 Å². The zero-order valence-electron chi connectivity index (χ0n) is 10.0. The van der Waals surface area contributed by atoms with Crippen molar-refractivity contribution in [3.63, 3.8) is 0 Å². The second-order valence-corrected chi connectivity index (χ2v) is 4.44. The number of rotatable bonds is 5. The molecule has 0 aromatic rings. The number of alkyl halides is 1. The molecule has 5 nitrogen and oxygen atoms in total.